The van der Waals surface area contributed by atoms with Crippen LogP contribution >= 0.6 is 0 Å². The molecule has 0 radical (unpaired) electrons. The summed E-state index contributed by atoms with van der Waals surface area (Å²) >= 11 is 0. The topological polar surface area (TPSA) is 95.5 Å². The van der Waals surface area contributed by atoms with Crippen LogP contribution in [0.5, 0.6) is 5.75 Å². The largest absolute Gasteiger partial charge is 0.573 e. The van der Waals surface area contributed by atoms with Gasteiger partial charge in [-0.05, 0) is 55.0 Å². The van der Waals surface area contributed by atoms with Crippen LogP contribution in [0.1, 0.15) is 5.56 Å². The maximum absolute atomic E-state index is 12.5. The Morgan fingerprint density at radius 3 is 2.24 bits per heavy atom. The predicted molar refractivity (Wildman–Crippen MR) is 120 cm³/mol. The molecule has 0 atom stereocenters. The Morgan fingerprint density at radius 2 is 1.65 bits per heavy atom. The average Bonchev–Trinajstić information content (AvgIpc) is 2.81. The number of hydrogen-bond acceptors (Lipinski definition) is 7. The Labute approximate surface area is 193 Å². The Kier molecular flexibility index (Phi) is 6.66. The van der Waals surface area contributed by atoms with Crippen LogP contribution in [0, 0.1) is 6.92 Å². The van der Waals surface area contributed by atoms with Crippen molar-refractivity contribution in [3.05, 3.63) is 60.3 Å². The van der Waals surface area contributed by atoms with Crippen molar-refractivity contribution in [1.29, 1.82) is 0 Å². The summed E-state index contributed by atoms with van der Waals surface area (Å²) in [7, 11) is 0. The van der Waals surface area contributed by atoms with E-state index in [-0.39, 0.29) is 11.8 Å². The van der Waals surface area contributed by atoms with E-state index < -0.39 is 6.36 Å². The van der Waals surface area contributed by atoms with Crippen molar-refractivity contribution >= 4 is 29.2 Å². The van der Waals surface area contributed by atoms with Gasteiger partial charge in [-0.1, -0.05) is 6.07 Å². The van der Waals surface area contributed by atoms with Crippen LogP contribution in [0.25, 0.3) is 0 Å². The number of nitrogens with zero attached hydrogens (tertiary/aromatic N) is 5. The number of nitrogens with one attached hydrogen (secondary N) is 2. The van der Waals surface area contributed by atoms with E-state index in [9.17, 15) is 18.0 Å². The summed E-state index contributed by atoms with van der Waals surface area (Å²) in [6, 6.07) is 12.1. The highest BCUT2D eigenvalue weighted by molar-refractivity contribution is 5.89. The predicted octanol–water partition coefficient (Wildman–Crippen LogP) is 4.18. The molecule has 1 aliphatic heterocycles. The van der Waals surface area contributed by atoms with Gasteiger partial charge < -0.3 is 25.2 Å². The number of hydrogen-bond donors (Lipinski definition) is 2. The van der Waals surface area contributed by atoms with Crippen LogP contribution < -0.4 is 20.3 Å². The summed E-state index contributed by atoms with van der Waals surface area (Å²) in [6.07, 6.45) is -3.00. The molecule has 178 valence electrons. The van der Waals surface area contributed by atoms with Gasteiger partial charge in [0.05, 0.1) is 0 Å². The minimum Gasteiger partial charge on any atom is -0.406 e. The Bertz CT molecular complexity index is 1100. The maximum Gasteiger partial charge on any atom is 0.573 e. The number of carbonyl (C=O) groups excluding carboxylic acids is 1. The van der Waals surface area contributed by atoms with Gasteiger partial charge >= 0.3 is 12.4 Å². The normalized spacial score (nSPS) is 14.0. The first-order valence-corrected chi connectivity index (χ1v) is 10.5. The Morgan fingerprint density at radius 1 is 0.941 bits per heavy atom. The number of aryl methyl sites for hydroxylation is 1. The van der Waals surface area contributed by atoms with Crippen LogP contribution in [0.3, 0.4) is 0 Å². The van der Waals surface area contributed by atoms with Crippen LogP contribution in [0.15, 0.2) is 54.7 Å². The van der Waals surface area contributed by atoms with E-state index in [1.54, 1.807) is 11.1 Å². The monoisotopic (exact) mass is 473 g/mol. The van der Waals surface area contributed by atoms with Crippen molar-refractivity contribution in [3.63, 3.8) is 0 Å². The van der Waals surface area contributed by atoms with Crippen molar-refractivity contribution < 1.29 is 22.7 Å². The van der Waals surface area contributed by atoms with Crippen LogP contribution in [0.4, 0.5) is 41.1 Å². The minimum atomic E-state index is -4.76. The summed E-state index contributed by atoms with van der Waals surface area (Å²) in [4.78, 5) is 20.4. The number of urea groups is 1. The van der Waals surface area contributed by atoms with Gasteiger partial charge in [0.1, 0.15) is 11.6 Å². The summed E-state index contributed by atoms with van der Waals surface area (Å²) in [6.45, 7) is 3.99. The lowest BCUT2D eigenvalue weighted by Crippen LogP contribution is -2.50. The first-order valence-electron chi connectivity index (χ1n) is 10.5. The Hall–Kier alpha value is -4.09. The van der Waals surface area contributed by atoms with E-state index in [4.69, 9.17) is 0 Å². The lowest BCUT2D eigenvalue weighted by Gasteiger charge is -2.35. The van der Waals surface area contributed by atoms with Gasteiger partial charge in [-0.2, -0.15) is 0 Å². The molecule has 34 heavy (non-hydrogen) atoms. The average molecular weight is 473 g/mol. The minimum absolute atomic E-state index is 0.333. The van der Waals surface area contributed by atoms with Crippen molar-refractivity contribution in [3.8, 4) is 5.75 Å². The second kappa shape index (κ2) is 9.81. The molecule has 9 nitrogen and oxygen atoms in total. The number of halogens is 3. The van der Waals surface area contributed by atoms with Gasteiger partial charge in [-0.15, -0.1) is 23.4 Å². The van der Waals surface area contributed by atoms with Gasteiger partial charge in [-0.3, -0.25) is 0 Å². The molecule has 3 aromatic rings. The summed E-state index contributed by atoms with van der Waals surface area (Å²) in [5.74, 6) is 1.60. The molecule has 0 spiro atoms. The van der Waals surface area contributed by atoms with E-state index in [0.717, 1.165) is 17.7 Å². The van der Waals surface area contributed by atoms with E-state index in [1.807, 2.05) is 36.1 Å². The standard InChI is InChI=1S/C22H22F3N7O2/c1-15-2-7-18(26-14-15)28-19-8-9-20(30-29-19)31-10-12-32(13-11-31)21(33)27-16-3-5-17(6-4-16)34-22(23,24)25/h2-9,14H,10-13H2,1H3,(H,27,33)(H,26,28,29). The van der Waals surface area contributed by atoms with E-state index in [2.05, 4.69) is 30.6 Å². The molecule has 12 heteroatoms. The zero-order valence-electron chi connectivity index (χ0n) is 18.2. The second-order valence-corrected chi connectivity index (χ2v) is 7.60. The van der Waals surface area contributed by atoms with Crippen LogP contribution in [-0.2, 0) is 0 Å². The van der Waals surface area contributed by atoms with Crippen molar-refractivity contribution in [1.82, 2.24) is 20.1 Å². The van der Waals surface area contributed by atoms with Gasteiger partial charge in [0, 0.05) is 38.1 Å². The number of carbonyl (C=O) groups is 1. The van der Waals surface area contributed by atoms with Crippen molar-refractivity contribution in [2.24, 2.45) is 0 Å². The number of anilines is 4. The smallest absolute Gasteiger partial charge is 0.406 e. The van der Waals surface area contributed by atoms with Crippen molar-refractivity contribution in [2.75, 3.05) is 41.7 Å². The molecule has 4 rings (SSSR count). The molecule has 0 unspecified atom stereocenters. The zero-order chi connectivity index (χ0) is 24.1. The molecule has 1 saturated heterocycles. The van der Waals surface area contributed by atoms with Gasteiger partial charge in [-0.25, -0.2) is 9.78 Å². The van der Waals surface area contributed by atoms with Gasteiger partial charge in [0.25, 0.3) is 0 Å². The summed E-state index contributed by atoms with van der Waals surface area (Å²) in [5.41, 5.74) is 1.44. The molecule has 2 aromatic heterocycles. The maximum atomic E-state index is 12.5. The van der Waals surface area contributed by atoms with E-state index >= 15 is 0 Å². The number of benzene rings is 1. The number of pyridine rings is 1. The van der Waals surface area contributed by atoms with Gasteiger partial charge in [0.15, 0.2) is 11.6 Å². The molecule has 2 amide bonds. The fraction of sp³-hybridized carbons (Fsp3) is 0.273. The number of rotatable bonds is 5. The quantitative estimate of drug-likeness (QED) is 0.574. The number of aromatic nitrogens is 3. The number of piperazine rings is 1. The fourth-order valence-corrected chi connectivity index (χ4v) is 3.31. The molecular formula is C22H22F3N7O2. The molecule has 0 aliphatic carbocycles. The van der Waals surface area contributed by atoms with E-state index in [0.29, 0.717) is 49.3 Å². The van der Waals surface area contributed by atoms with Gasteiger partial charge in [0.2, 0.25) is 0 Å². The third-order valence-corrected chi connectivity index (χ3v) is 5.05. The second-order valence-electron chi connectivity index (χ2n) is 7.60. The Balaban J connectivity index is 1.26. The molecule has 0 saturated carbocycles. The molecule has 1 aromatic carbocycles. The molecule has 2 N–H and O–H groups in total. The molecule has 3 heterocycles. The van der Waals surface area contributed by atoms with Crippen LogP contribution in [0.2, 0.25) is 0 Å². The fourth-order valence-electron chi connectivity index (χ4n) is 3.31. The highest BCUT2D eigenvalue weighted by Crippen LogP contribution is 2.24. The number of amides is 2. The van der Waals surface area contributed by atoms with Crippen molar-refractivity contribution in [2.45, 2.75) is 13.3 Å². The summed E-state index contributed by atoms with van der Waals surface area (Å²) < 4.78 is 40.6. The van der Waals surface area contributed by atoms with E-state index in [1.165, 1.54) is 12.1 Å². The highest BCUT2D eigenvalue weighted by atomic mass is 19.4. The summed E-state index contributed by atoms with van der Waals surface area (Å²) in [5, 5.41) is 14.2. The third-order valence-electron chi connectivity index (χ3n) is 5.05. The number of ether oxygens (including phenoxy) is 1. The van der Waals surface area contributed by atoms with Crippen LogP contribution in [-0.4, -0.2) is 58.7 Å². The first-order chi connectivity index (χ1) is 16.2. The molecule has 1 fully saturated rings. The SMILES string of the molecule is Cc1ccc(Nc2ccc(N3CCN(C(=O)Nc4ccc(OC(F)(F)F)cc4)CC3)nn2)nc1. The highest BCUT2D eigenvalue weighted by Gasteiger charge is 2.31. The third kappa shape index (κ3) is 6.24. The molecular weight excluding hydrogens is 451 g/mol. The first kappa shape index (κ1) is 23.1. The molecule has 1 aliphatic rings. The lowest BCUT2D eigenvalue weighted by atomic mass is 10.3. The molecule has 0 bridgehead atoms. The zero-order valence-corrected chi connectivity index (χ0v) is 18.2. The lowest BCUT2D eigenvalue weighted by molar-refractivity contribution is -0.274. The number of alkyl halides is 3.